The maximum atomic E-state index is 5.32. The summed E-state index contributed by atoms with van der Waals surface area (Å²) >= 11 is 0. The zero-order chi connectivity index (χ0) is 7.82. The van der Waals surface area contributed by atoms with E-state index in [1.54, 1.807) is 0 Å². The van der Waals surface area contributed by atoms with Crippen molar-refractivity contribution in [3.8, 4) is 0 Å². The van der Waals surface area contributed by atoms with E-state index < -0.39 is 0 Å². The van der Waals surface area contributed by atoms with Gasteiger partial charge in [-0.05, 0) is 13.8 Å². The third-order valence-electron chi connectivity index (χ3n) is 1.14. The van der Waals surface area contributed by atoms with Gasteiger partial charge < -0.3 is 9.47 Å². The molecule has 0 aromatic rings. The first-order valence-corrected chi connectivity index (χ1v) is 5.69. The van der Waals surface area contributed by atoms with E-state index in [2.05, 4.69) is 6.92 Å². The summed E-state index contributed by atoms with van der Waals surface area (Å²) in [5, 5.41) is 0. The highest BCUT2D eigenvalue weighted by Crippen LogP contribution is 1.94. The van der Waals surface area contributed by atoms with Crippen molar-refractivity contribution in [1.82, 2.24) is 0 Å². The minimum atomic E-state index is -0.242. The average Bonchev–Trinajstić information content (AvgIpc) is 1.90. The Bertz CT molecular complexity index is 54.4. The van der Waals surface area contributed by atoms with Crippen LogP contribution in [0, 0.1) is 6.92 Å². The van der Waals surface area contributed by atoms with Crippen LogP contribution in [0.5, 0.6) is 0 Å². The van der Waals surface area contributed by atoms with Gasteiger partial charge in [-0.15, -0.1) is 0 Å². The van der Waals surface area contributed by atoms with Crippen LogP contribution in [0.2, 0.25) is 6.04 Å². The van der Waals surface area contributed by atoms with Gasteiger partial charge in [0.05, 0.1) is 9.52 Å². The van der Waals surface area contributed by atoms with Crippen molar-refractivity contribution >= 4 is 9.52 Å². The summed E-state index contributed by atoms with van der Waals surface area (Å²) in [6.07, 6.45) is 0. The van der Waals surface area contributed by atoms with Crippen molar-refractivity contribution in [3.63, 3.8) is 0 Å². The quantitative estimate of drug-likeness (QED) is 0.423. The van der Waals surface area contributed by atoms with E-state index >= 15 is 0 Å². The molecule has 0 saturated heterocycles. The lowest BCUT2D eigenvalue weighted by molar-refractivity contribution is -0.0825. The fraction of sp³-hybridized carbons (Fsp3) is 0.857. The molecule has 0 bridgehead atoms. The van der Waals surface area contributed by atoms with Crippen LogP contribution >= 0.6 is 0 Å². The summed E-state index contributed by atoms with van der Waals surface area (Å²) in [5.41, 5.74) is 0. The first-order valence-electron chi connectivity index (χ1n) is 3.87. The molecule has 0 amide bonds. The van der Waals surface area contributed by atoms with Crippen LogP contribution < -0.4 is 0 Å². The number of rotatable bonds is 6. The first kappa shape index (κ1) is 10.1. The fourth-order valence-electron chi connectivity index (χ4n) is 0.753. The molecule has 0 spiro atoms. The van der Waals surface area contributed by atoms with Crippen molar-refractivity contribution in [1.29, 1.82) is 0 Å². The monoisotopic (exact) mass is 161 g/mol. The van der Waals surface area contributed by atoms with E-state index in [0.29, 0.717) is 0 Å². The second-order valence-corrected chi connectivity index (χ2v) is 3.93. The lowest BCUT2D eigenvalue weighted by Crippen LogP contribution is -2.23. The highest BCUT2D eigenvalue weighted by Gasteiger charge is 2.04. The highest BCUT2D eigenvalue weighted by molar-refractivity contribution is 6.36. The van der Waals surface area contributed by atoms with Crippen LogP contribution in [0.25, 0.3) is 0 Å². The zero-order valence-corrected chi connectivity index (χ0v) is 8.34. The topological polar surface area (TPSA) is 18.5 Å². The van der Waals surface area contributed by atoms with Crippen molar-refractivity contribution < 1.29 is 9.47 Å². The molecule has 0 fully saturated rings. The van der Waals surface area contributed by atoms with Crippen LogP contribution in [0.3, 0.4) is 0 Å². The average molecular weight is 161 g/mol. The molecule has 61 valence electrons. The Balaban J connectivity index is 3.30. The van der Waals surface area contributed by atoms with Gasteiger partial charge >= 0.3 is 0 Å². The Morgan fingerprint density at radius 3 is 2.10 bits per heavy atom. The van der Waals surface area contributed by atoms with Crippen molar-refractivity contribution in [2.24, 2.45) is 0 Å². The van der Waals surface area contributed by atoms with Crippen molar-refractivity contribution in [2.45, 2.75) is 25.8 Å². The summed E-state index contributed by atoms with van der Waals surface area (Å²) in [6.45, 7) is 9.27. The van der Waals surface area contributed by atoms with E-state index in [4.69, 9.17) is 9.47 Å². The van der Waals surface area contributed by atoms with E-state index in [1.807, 2.05) is 13.8 Å². The van der Waals surface area contributed by atoms with E-state index in [0.717, 1.165) is 19.3 Å². The molecular weight excluding hydrogens is 144 g/mol. The van der Waals surface area contributed by atoms with Gasteiger partial charge in [-0.25, -0.2) is 0 Å². The highest BCUT2D eigenvalue weighted by atomic mass is 28.2. The van der Waals surface area contributed by atoms with E-state index in [9.17, 15) is 0 Å². The van der Waals surface area contributed by atoms with Gasteiger partial charge in [0.25, 0.3) is 0 Å². The van der Waals surface area contributed by atoms with Crippen LogP contribution in [0.15, 0.2) is 0 Å². The van der Waals surface area contributed by atoms with Gasteiger partial charge in [-0.1, -0.05) is 13.0 Å². The van der Waals surface area contributed by atoms with Gasteiger partial charge in [0, 0.05) is 13.2 Å². The Labute approximate surface area is 65.7 Å². The Hall–Kier alpha value is 0.137. The second kappa shape index (κ2) is 7.25. The standard InChI is InChI=1S/C7H17O2Si/c1-4-8-7(9-5-2)10-6-3/h7H,3-6,10H2,1-2H3. The van der Waals surface area contributed by atoms with Crippen LogP contribution in [0.1, 0.15) is 13.8 Å². The molecule has 1 radical (unpaired) electrons. The first-order chi connectivity index (χ1) is 4.85. The summed E-state index contributed by atoms with van der Waals surface area (Å²) in [5.74, 6) is 0.104. The van der Waals surface area contributed by atoms with Crippen molar-refractivity contribution in [3.05, 3.63) is 6.92 Å². The third-order valence-corrected chi connectivity index (χ3v) is 2.50. The molecule has 0 unspecified atom stereocenters. The van der Waals surface area contributed by atoms with Crippen LogP contribution in [-0.4, -0.2) is 28.6 Å². The maximum absolute atomic E-state index is 5.32. The largest absolute Gasteiger partial charge is 0.357 e. The van der Waals surface area contributed by atoms with Crippen LogP contribution in [0.4, 0.5) is 0 Å². The second-order valence-electron chi connectivity index (χ2n) is 1.98. The van der Waals surface area contributed by atoms with Crippen LogP contribution in [-0.2, 0) is 9.47 Å². The van der Waals surface area contributed by atoms with E-state index in [1.165, 1.54) is 0 Å². The Kier molecular flexibility index (Phi) is 7.35. The molecule has 3 heteroatoms. The van der Waals surface area contributed by atoms with Gasteiger partial charge in [-0.2, -0.15) is 0 Å². The Morgan fingerprint density at radius 1 is 1.30 bits per heavy atom. The van der Waals surface area contributed by atoms with E-state index in [-0.39, 0.29) is 15.4 Å². The SMILES string of the molecule is [CH2]C[SiH2]C(OCC)OCC. The summed E-state index contributed by atoms with van der Waals surface area (Å²) in [7, 11) is -0.242. The molecule has 0 aromatic carbocycles. The summed E-state index contributed by atoms with van der Waals surface area (Å²) in [6, 6.07) is 1.00. The molecule has 0 rings (SSSR count). The molecule has 0 aliphatic heterocycles. The third kappa shape index (κ3) is 4.96. The fourth-order valence-corrected chi connectivity index (χ4v) is 1.89. The molecule has 0 atom stereocenters. The molecule has 0 N–H and O–H groups in total. The molecule has 0 aromatic heterocycles. The smallest absolute Gasteiger partial charge is 0.134 e. The lowest BCUT2D eigenvalue weighted by atomic mass is 10.8. The summed E-state index contributed by atoms with van der Waals surface area (Å²) in [4.78, 5) is 0. The van der Waals surface area contributed by atoms with Crippen molar-refractivity contribution in [2.75, 3.05) is 13.2 Å². The predicted molar refractivity (Wildman–Crippen MR) is 45.7 cm³/mol. The molecule has 0 heterocycles. The van der Waals surface area contributed by atoms with Gasteiger partial charge in [0.15, 0.2) is 0 Å². The normalized spacial score (nSPS) is 12.0. The predicted octanol–water partition coefficient (Wildman–Crippen LogP) is 0.764. The number of hydrogen-bond donors (Lipinski definition) is 0. The molecular formula is C7H17O2Si. The molecule has 2 nitrogen and oxygen atoms in total. The van der Waals surface area contributed by atoms with Gasteiger partial charge in [0.2, 0.25) is 0 Å². The van der Waals surface area contributed by atoms with Gasteiger partial charge in [0.1, 0.15) is 5.91 Å². The lowest BCUT2D eigenvalue weighted by Gasteiger charge is -2.14. The molecule has 10 heavy (non-hydrogen) atoms. The maximum Gasteiger partial charge on any atom is 0.134 e. The molecule has 0 aliphatic carbocycles. The number of ether oxygens (including phenoxy) is 2. The minimum absolute atomic E-state index is 0.104. The zero-order valence-electron chi connectivity index (χ0n) is 6.93. The summed E-state index contributed by atoms with van der Waals surface area (Å²) < 4.78 is 10.6. The minimum Gasteiger partial charge on any atom is -0.357 e. The van der Waals surface area contributed by atoms with Gasteiger partial charge in [-0.3, -0.25) is 0 Å². The Morgan fingerprint density at radius 2 is 1.80 bits per heavy atom. The molecule has 0 saturated carbocycles. The number of hydrogen-bond acceptors (Lipinski definition) is 2. The molecule has 0 aliphatic rings.